The quantitative estimate of drug-likeness (QED) is 0.820. The molecule has 3 rings (SSSR count). The van der Waals surface area contributed by atoms with Gasteiger partial charge in [0.2, 0.25) is 0 Å². The van der Waals surface area contributed by atoms with E-state index in [0.29, 0.717) is 26.3 Å². The van der Waals surface area contributed by atoms with E-state index in [2.05, 4.69) is 10.2 Å². The van der Waals surface area contributed by atoms with Crippen LogP contribution in [0.5, 0.6) is 0 Å². The number of hydrogen-bond acceptors (Lipinski definition) is 5. The first kappa shape index (κ1) is 17.5. The third-order valence-corrected chi connectivity index (χ3v) is 4.45. The minimum absolute atomic E-state index is 0.214. The second-order valence-corrected chi connectivity index (χ2v) is 6.02. The van der Waals surface area contributed by atoms with Gasteiger partial charge < -0.3 is 14.8 Å². The normalized spacial score (nSPS) is 17.5. The number of rotatable bonds is 6. The number of carbonyl (C=O) groups is 1. The van der Waals surface area contributed by atoms with E-state index in [0.717, 1.165) is 11.3 Å². The van der Waals surface area contributed by atoms with Gasteiger partial charge in [0.15, 0.2) is 0 Å². The van der Waals surface area contributed by atoms with Crippen LogP contribution in [0.25, 0.3) is 0 Å². The molecule has 0 spiro atoms. The van der Waals surface area contributed by atoms with Gasteiger partial charge in [-0.05, 0) is 17.7 Å². The molecule has 0 bridgehead atoms. The van der Waals surface area contributed by atoms with Crippen LogP contribution in [-0.4, -0.2) is 50.3 Å². The summed E-state index contributed by atoms with van der Waals surface area (Å²) in [5, 5.41) is 3.52. The molecule has 0 aliphatic carbocycles. The van der Waals surface area contributed by atoms with Crippen molar-refractivity contribution in [1.82, 2.24) is 4.90 Å². The molecular formula is C20H24N2O3. The Kier molecular flexibility index (Phi) is 6.04. The van der Waals surface area contributed by atoms with Crippen LogP contribution in [0.2, 0.25) is 0 Å². The third-order valence-electron chi connectivity index (χ3n) is 4.45. The molecule has 1 heterocycles. The number of carbonyl (C=O) groups excluding carboxylic acids is 1. The molecule has 0 radical (unpaired) electrons. The highest BCUT2D eigenvalue weighted by Crippen LogP contribution is 2.27. The Morgan fingerprint density at radius 2 is 1.64 bits per heavy atom. The van der Waals surface area contributed by atoms with Gasteiger partial charge in [0.25, 0.3) is 0 Å². The van der Waals surface area contributed by atoms with E-state index in [9.17, 15) is 4.79 Å². The zero-order valence-corrected chi connectivity index (χ0v) is 14.4. The lowest BCUT2D eigenvalue weighted by atomic mass is 9.97. The van der Waals surface area contributed by atoms with E-state index >= 15 is 0 Å². The van der Waals surface area contributed by atoms with Crippen molar-refractivity contribution in [1.29, 1.82) is 0 Å². The van der Waals surface area contributed by atoms with Crippen molar-refractivity contribution in [3.05, 3.63) is 66.2 Å². The maximum Gasteiger partial charge on any atom is 0.325 e. The first-order valence-electron chi connectivity index (χ1n) is 8.56. The first-order valence-corrected chi connectivity index (χ1v) is 8.56. The molecule has 1 aliphatic heterocycles. The molecule has 0 saturated carbocycles. The number of methoxy groups -OCH3 is 1. The molecular weight excluding hydrogens is 316 g/mol. The van der Waals surface area contributed by atoms with E-state index in [1.54, 1.807) is 0 Å². The molecule has 1 saturated heterocycles. The minimum Gasteiger partial charge on any atom is -0.468 e. The van der Waals surface area contributed by atoms with Crippen molar-refractivity contribution >= 4 is 11.7 Å². The van der Waals surface area contributed by atoms with E-state index in [1.165, 1.54) is 7.11 Å². The van der Waals surface area contributed by atoms with Crippen molar-refractivity contribution in [3.8, 4) is 0 Å². The Balaban J connectivity index is 1.95. The van der Waals surface area contributed by atoms with Crippen LogP contribution in [0.4, 0.5) is 5.69 Å². The summed E-state index contributed by atoms with van der Waals surface area (Å²) >= 11 is 0. The molecule has 0 amide bonds. The maximum absolute atomic E-state index is 12.7. The summed E-state index contributed by atoms with van der Waals surface area (Å²) in [5.41, 5.74) is 2.02. The molecule has 1 aliphatic rings. The minimum atomic E-state index is -0.420. The lowest BCUT2D eigenvalue weighted by molar-refractivity contribution is -0.149. The predicted molar refractivity (Wildman–Crippen MR) is 97.4 cm³/mol. The molecule has 132 valence electrons. The number of benzene rings is 2. The lowest BCUT2D eigenvalue weighted by Gasteiger charge is -2.38. The van der Waals surface area contributed by atoms with Crippen LogP contribution in [0.15, 0.2) is 60.7 Å². The number of esters is 1. The molecule has 0 unspecified atom stereocenters. The lowest BCUT2D eigenvalue weighted by Crippen LogP contribution is -2.52. The molecule has 2 atom stereocenters. The van der Waals surface area contributed by atoms with Gasteiger partial charge in [0.05, 0.1) is 26.4 Å². The largest absolute Gasteiger partial charge is 0.468 e. The van der Waals surface area contributed by atoms with E-state index < -0.39 is 6.04 Å². The Morgan fingerprint density at radius 1 is 1.04 bits per heavy atom. The predicted octanol–water partition coefficient (Wildman–Crippen LogP) is 2.71. The zero-order valence-electron chi connectivity index (χ0n) is 14.4. The summed E-state index contributed by atoms with van der Waals surface area (Å²) in [7, 11) is 1.44. The van der Waals surface area contributed by atoms with E-state index in [1.807, 2.05) is 60.7 Å². The Bertz CT molecular complexity index is 657. The van der Waals surface area contributed by atoms with Crippen molar-refractivity contribution in [3.63, 3.8) is 0 Å². The molecule has 1 N–H and O–H groups in total. The van der Waals surface area contributed by atoms with Crippen LogP contribution >= 0.6 is 0 Å². The monoisotopic (exact) mass is 340 g/mol. The van der Waals surface area contributed by atoms with Crippen LogP contribution < -0.4 is 5.32 Å². The van der Waals surface area contributed by atoms with Crippen LogP contribution in [-0.2, 0) is 14.3 Å². The fourth-order valence-corrected chi connectivity index (χ4v) is 3.19. The Morgan fingerprint density at radius 3 is 2.24 bits per heavy atom. The standard InChI is InChI=1S/C20H24N2O3/c1-24-20(23)19(22-12-14-25-15-13-22)18(16-8-4-2-5-9-16)21-17-10-6-3-7-11-17/h2-11,18-19,21H,12-15H2,1H3/t18-,19+/m0/s1. The van der Waals surface area contributed by atoms with Crippen molar-refractivity contribution < 1.29 is 14.3 Å². The van der Waals surface area contributed by atoms with Crippen LogP contribution in [0.3, 0.4) is 0 Å². The van der Waals surface area contributed by atoms with Gasteiger partial charge in [-0.15, -0.1) is 0 Å². The summed E-state index contributed by atoms with van der Waals surface area (Å²) in [6, 6.07) is 19.3. The number of ether oxygens (including phenoxy) is 2. The molecule has 2 aromatic carbocycles. The molecule has 0 aromatic heterocycles. The molecule has 2 aromatic rings. The second kappa shape index (κ2) is 8.65. The number of morpholine rings is 1. The van der Waals surface area contributed by atoms with Gasteiger partial charge >= 0.3 is 5.97 Å². The average molecular weight is 340 g/mol. The fourth-order valence-electron chi connectivity index (χ4n) is 3.19. The number of para-hydroxylation sites is 1. The topological polar surface area (TPSA) is 50.8 Å². The van der Waals surface area contributed by atoms with Crippen LogP contribution in [0.1, 0.15) is 11.6 Å². The van der Waals surface area contributed by atoms with E-state index in [4.69, 9.17) is 9.47 Å². The zero-order chi connectivity index (χ0) is 17.5. The summed E-state index contributed by atoms with van der Waals surface area (Å²) in [6.45, 7) is 2.67. The molecule has 5 heteroatoms. The van der Waals surface area contributed by atoms with Crippen LogP contribution in [0, 0.1) is 0 Å². The van der Waals surface area contributed by atoms with Gasteiger partial charge in [-0.2, -0.15) is 0 Å². The Labute approximate surface area is 148 Å². The average Bonchev–Trinajstić information content (AvgIpc) is 2.69. The van der Waals surface area contributed by atoms with E-state index in [-0.39, 0.29) is 12.0 Å². The van der Waals surface area contributed by atoms with Gasteiger partial charge in [-0.1, -0.05) is 48.5 Å². The Hall–Kier alpha value is -2.37. The van der Waals surface area contributed by atoms with Gasteiger partial charge in [-0.3, -0.25) is 9.69 Å². The van der Waals surface area contributed by atoms with Crippen molar-refractivity contribution in [2.24, 2.45) is 0 Å². The highest BCUT2D eigenvalue weighted by Gasteiger charge is 2.36. The van der Waals surface area contributed by atoms with Gasteiger partial charge in [0, 0.05) is 18.8 Å². The summed E-state index contributed by atoms with van der Waals surface area (Å²) in [4.78, 5) is 14.8. The summed E-state index contributed by atoms with van der Waals surface area (Å²) in [6.07, 6.45) is 0. The number of nitrogens with zero attached hydrogens (tertiary/aromatic N) is 1. The first-order chi connectivity index (χ1) is 12.3. The van der Waals surface area contributed by atoms with Crippen molar-refractivity contribution in [2.75, 3.05) is 38.7 Å². The summed E-state index contributed by atoms with van der Waals surface area (Å²) < 4.78 is 10.6. The SMILES string of the molecule is COC(=O)[C@@H]([C@@H](Nc1ccccc1)c1ccccc1)N1CCOCC1. The maximum atomic E-state index is 12.7. The number of nitrogens with one attached hydrogen (secondary N) is 1. The van der Waals surface area contributed by atoms with Gasteiger partial charge in [-0.25, -0.2) is 0 Å². The number of hydrogen-bond donors (Lipinski definition) is 1. The molecule has 1 fully saturated rings. The van der Waals surface area contributed by atoms with Crippen molar-refractivity contribution in [2.45, 2.75) is 12.1 Å². The molecule has 5 nitrogen and oxygen atoms in total. The highest BCUT2D eigenvalue weighted by molar-refractivity contribution is 5.78. The fraction of sp³-hybridized carbons (Fsp3) is 0.350. The number of anilines is 1. The van der Waals surface area contributed by atoms with Gasteiger partial charge in [0.1, 0.15) is 6.04 Å². The smallest absolute Gasteiger partial charge is 0.325 e. The highest BCUT2D eigenvalue weighted by atomic mass is 16.5. The third kappa shape index (κ3) is 4.38. The molecule has 25 heavy (non-hydrogen) atoms. The second-order valence-electron chi connectivity index (χ2n) is 6.02. The summed E-state index contributed by atoms with van der Waals surface area (Å²) in [5.74, 6) is -0.237.